The summed E-state index contributed by atoms with van der Waals surface area (Å²) in [4.78, 5) is 17.1. The number of para-hydroxylation sites is 1. The van der Waals surface area contributed by atoms with Gasteiger partial charge in [-0.05, 0) is 48.5 Å². The lowest BCUT2D eigenvalue weighted by atomic mass is 10.2. The molecule has 0 aliphatic carbocycles. The smallest absolute Gasteiger partial charge is 0.193 e. The Morgan fingerprint density at radius 3 is 2.57 bits per heavy atom. The topological polar surface area (TPSA) is 66.0 Å². The zero-order chi connectivity index (χ0) is 20.3. The molecule has 0 spiro atoms. The molecule has 5 aromatic rings. The Balaban J connectivity index is 1.34. The lowest BCUT2D eigenvalue weighted by molar-refractivity contribution is 0.217. The maximum absolute atomic E-state index is 12.7. The van der Waals surface area contributed by atoms with Crippen molar-refractivity contribution in [3.63, 3.8) is 0 Å². The van der Waals surface area contributed by atoms with Crippen LogP contribution in [-0.4, -0.2) is 22.6 Å². The third kappa shape index (κ3) is 3.63. The highest BCUT2D eigenvalue weighted by atomic mass is 16.5. The van der Waals surface area contributed by atoms with Crippen molar-refractivity contribution in [3.8, 4) is 23.0 Å². The summed E-state index contributed by atoms with van der Waals surface area (Å²) in [6.07, 6.45) is 3.61. The molecule has 0 unspecified atom stereocenters. The Hall–Kier alpha value is -4.06. The van der Waals surface area contributed by atoms with E-state index in [2.05, 4.69) is 4.98 Å². The van der Waals surface area contributed by atoms with E-state index in [9.17, 15) is 4.79 Å². The predicted molar refractivity (Wildman–Crippen MR) is 114 cm³/mol. The zero-order valence-electron chi connectivity index (χ0n) is 16.0. The lowest BCUT2D eigenvalue weighted by Gasteiger charge is -2.09. The summed E-state index contributed by atoms with van der Waals surface area (Å²) in [5.74, 6) is 1.81. The lowest BCUT2D eigenvalue weighted by Crippen LogP contribution is -2.09. The molecule has 0 aliphatic rings. The average Bonchev–Trinajstić information content (AvgIpc) is 3.25. The van der Waals surface area contributed by atoms with E-state index in [1.807, 2.05) is 59.1 Å². The average molecular weight is 398 g/mol. The van der Waals surface area contributed by atoms with Crippen LogP contribution < -0.4 is 14.9 Å². The Morgan fingerprint density at radius 2 is 1.70 bits per heavy atom. The quantitative estimate of drug-likeness (QED) is 0.392. The van der Waals surface area contributed by atoms with Gasteiger partial charge in [-0.3, -0.25) is 4.79 Å². The molecule has 0 fully saturated rings. The molecule has 6 nitrogen and oxygen atoms in total. The summed E-state index contributed by atoms with van der Waals surface area (Å²) in [6.45, 7) is 0.772. The van der Waals surface area contributed by atoms with Crippen LogP contribution in [0.15, 0.2) is 94.5 Å². The van der Waals surface area contributed by atoms with Crippen molar-refractivity contribution in [2.75, 3.05) is 13.2 Å². The van der Waals surface area contributed by atoms with Crippen molar-refractivity contribution in [1.82, 2.24) is 9.38 Å². The summed E-state index contributed by atoms with van der Waals surface area (Å²) in [5.41, 5.74) is 1.93. The molecule has 148 valence electrons. The second-order valence-electron chi connectivity index (χ2n) is 6.76. The molecule has 0 N–H and O–H groups in total. The van der Waals surface area contributed by atoms with E-state index >= 15 is 0 Å². The molecule has 6 heteroatoms. The first-order valence-corrected chi connectivity index (χ1v) is 9.58. The first-order chi connectivity index (χ1) is 14.8. The second-order valence-corrected chi connectivity index (χ2v) is 6.76. The van der Waals surface area contributed by atoms with Gasteiger partial charge in [0.05, 0.1) is 11.7 Å². The van der Waals surface area contributed by atoms with Gasteiger partial charge in [0.2, 0.25) is 0 Å². The third-order valence-electron chi connectivity index (χ3n) is 4.73. The number of nitrogens with zero attached hydrogens (tertiary/aromatic N) is 2. The number of aromatic nitrogens is 2. The largest absolute Gasteiger partial charge is 0.490 e. The standard InChI is InChI=1S/C24H18N2O4/c27-22-15-24(21-13-17-5-4-10-26(17)16-25-21)30-23-9-8-19(14-20(22)23)29-12-11-28-18-6-2-1-3-7-18/h1-10,13-16H,11-12H2. The number of ether oxygens (including phenoxy) is 2. The monoisotopic (exact) mass is 398 g/mol. The zero-order valence-corrected chi connectivity index (χ0v) is 16.0. The highest BCUT2D eigenvalue weighted by Crippen LogP contribution is 2.24. The predicted octanol–water partition coefficient (Wildman–Crippen LogP) is 4.57. The first-order valence-electron chi connectivity index (χ1n) is 9.58. The molecule has 0 radical (unpaired) electrons. The molecule has 0 saturated carbocycles. The van der Waals surface area contributed by atoms with Gasteiger partial charge < -0.3 is 18.3 Å². The number of hydrogen-bond acceptors (Lipinski definition) is 5. The fourth-order valence-corrected chi connectivity index (χ4v) is 3.26. The Labute approximate surface area is 171 Å². The molecular formula is C24H18N2O4. The molecule has 0 bridgehead atoms. The molecular weight excluding hydrogens is 380 g/mol. The van der Waals surface area contributed by atoms with Crippen LogP contribution in [0.3, 0.4) is 0 Å². The van der Waals surface area contributed by atoms with Crippen LogP contribution in [0, 0.1) is 0 Å². The number of fused-ring (bicyclic) bond motifs is 2. The molecule has 3 heterocycles. The number of rotatable bonds is 6. The van der Waals surface area contributed by atoms with Crippen LogP contribution in [-0.2, 0) is 0 Å². The van der Waals surface area contributed by atoms with E-state index in [-0.39, 0.29) is 5.43 Å². The summed E-state index contributed by atoms with van der Waals surface area (Å²) in [7, 11) is 0. The number of hydrogen-bond donors (Lipinski definition) is 0. The minimum atomic E-state index is -0.144. The maximum atomic E-state index is 12.7. The van der Waals surface area contributed by atoms with Crippen LogP contribution in [0.2, 0.25) is 0 Å². The molecule has 5 rings (SSSR count). The Bertz CT molecular complexity index is 1370. The normalized spacial score (nSPS) is 11.1. The molecule has 0 aliphatic heterocycles. The SMILES string of the molecule is O=c1cc(-c2cc3cccn3cn2)oc2ccc(OCCOc3ccccc3)cc12. The third-order valence-corrected chi connectivity index (χ3v) is 4.73. The fourth-order valence-electron chi connectivity index (χ4n) is 3.26. The van der Waals surface area contributed by atoms with Gasteiger partial charge in [0.25, 0.3) is 0 Å². The van der Waals surface area contributed by atoms with Gasteiger partial charge in [0, 0.05) is 17.8 Å². The summed E-state index contributed by atoms with van der Waals surface area (Å²) in [5, 5.41) is 0.462. The van der Waals surface area contributed by atoms with Gasteiger partial charge in [0.15, 0.2) is 11.2 Å². The van der Waals surface area contributed by atoms with Crippen LogP contribution in [0.1, 0.15) is 0 Å². The second kappa shape index (κ2) is 7.75. The van der Waals surface area contributed by atoms with Crippen molar-refractivity contribution < 1.29 is 13.9 Å². The summed E-state index contributed by atoms with van der Waals surface area (Å²) < 4.78 is 19.2. The highest BCUT2D eigenvalue weighted by molar-refractivity contribution is 5.80. The van der Waals surface area contributed by atoms with E-state index in [0.29, 0.717) is 41.4 Å². The van der Waals surface area contributed by atoms with Gasteiger partial charge in [-0.15, -0.1) is 0 Å². The van der Waals surface area contributed by atoms with E-state index in [1.54, 1.807) is 24.5 Å². The number of benzene rings is 2. The molecule has 0 atom stereocenters. The van der Waals surface area contributed by atoms with Crippen molar-refractivity contribution in [3.05, 3.63) is 95.5 Å². The maximum Gasteiger partial charge on any atom is 0.193 e. The van der Waals surface area contributed by atoms with Crippen LogP contribution in [0.5, 0.6) is 11.5 Å². The molecule has 2 aromatic carbocycles. The van der Waals surface area contributed by atoms with Gasteiger partial charge in [-0.25, -0.2) is 4.98 Å². The van der Waals surface area contributed by atoms with E-state index in [1.165, 1.54) is 6.07 Å². The van der Waals surface area contributed by atoms with E-state index in [4.69, 9.17) is 13.9 Å². The molecule has 0 saturated heterocycles. The summed E-state index contributed by atoms with van der Waals surface area (Å²) in [6, 6.07) is 22.0. The minimum Gasteiger partial charge on any atom is -0.490 e. The van der Waals surface area contributed by atoms with Crippen molar-refractivity contribution in [1.29, 1.82) is 0 Å². The molecule has 0 amide bonds. The van der Waals surface area contributed by atoms with Gasteiger partial charge >= 0.3 is 0 Å². The van der Waals surface area contributed by atoms with Crippen molar-refractivity contribution >= 4 is 16.5 Å². The Kier molecular flexibility index (Phi) is 4.65. The van der Waals surface area contributed by atoms with Gasteiger partial charge in [-0.2, -0.15) is 0 Å². The van der Waals surface area contributed by atoms with Crippen LogP contribution in [0.25, 0.3) is 27.9 Å². The van der Waals surface area contributed by atoms with Crippen LogP contribution >= 0.6 is 0 Å². The van der Waals surface area contributed by atoms with Crippen molar-refractivity contribution in [2.24, 2.45) is 0 Å². The first kappa shape index (κ1) is 18.0. The van der Waals surface area contributed by atoms with Gasteiger partial charge in [-0.1, -0.05) is 18.2 Å². The van der Waals surface area contributed by atoms with Crippen molar-refractivity contribution in [2.45, 2.75) is 0 Å². The van der Waals surface area contributed by atoms with Crippen LogP contribution in [0.4, 0.5) is 0 Å². The Morgan fingerprint density at radius 1 is 0.867 bits per heavy atom. The highest BCUT2D eigenvalue weighted by Gasteiger charge is 2.10. The fraction of sp³-hybridized carbons (Fsp3) is 0.0833. The molecule has 30 heavy (non-hydrogen) atoms. The van der Waals surface area contributed by atoms with E-state index in [0.717, 1.165) is 11.3 Å². The van der Waals surface area contributed by atoms with Gasteiger partial charge in [0.1, 0.15) is 36.0 Å². The minimum absolute atomic E-state index is 0.144. The molecule has 3 aromatic heterocycles. The summed E-state index contributed by atoms with van der Waals surface area (Å²) >= 11 is 0. The van der Waals surface area contributed by atoms with E-state index < -0.39 is 0 Å².